The molecule has 0 bridgehead atoms. The van der Waals surface area contributed by atoms with Crippen LogP contribution in [0, 0.1) is 0 Å². The number of halogens is 1. The number of aliphatic hydroxyl groups is 1. The molecule has 1 aromatic rings. The van der Waals surface area contributed by atoms with Crippen molar-refractivity contribution in [1.82, 2.24) is 5.32 Å². The molecule has 0 atom stereocenters. The summed E-state index contributed by atoms with van der Waals surface area (Å²) in [5, 5.41) is 13.5. The summed E-state index contributed by atoms with van der Waals surface area (Å²) in [6.45, 7) is 2.13. The van der Waals surface area contributed by atoms with Crippen LogP contribution in [0.2, 0.25) is 5.02 Å². The number of aliphatic hydroxyl groups excluding tert-OH is 1. The lowest BCUT2D eigenvalue weighted by molar-refractivity contribution is 0.142. The van der Waals surface area contributed by atoms with Gasteiger partial charge in [-0.15, -0.1) is 0 Å². The van der Waals surface area contributed by atoms with Gasteiger partial charge in [-0.1, -0.05) is 11.6 Å². The highest BCUT2D eigenvalue weighted by Gasteiger charge is 2.32. The van der Waals surface area contributed by atoms with Crippen LogP contribution in [0.1, 0.15) is 12.8 Å². The SMILES string of the molecule is CNC1(CO)CCN(c2ccc(Cl)cc2)CC1. The molecule has 0 spiro atoms. The molecular weight excluding hydrogens is 236 g/mol. The molecule has 0 saturated carbocycles. The molecule has 1 fully saturated rings. The van der Waals surface area contributed by atoms with Crippen molar-refractivity contribution in [2.75, 3.05) is 31.6 Å². The molecule has 17 heavy (non-hydrogen) atoms. The second kappa shape index (κ2) is 5.25. The van der Waals surface area contributed by atoms with Crippen molar-refractivity contribution in [2.24, 2.45) is 0 Å². The van der Waals surface area contributed by atoms with Gasteiger partial charge in [0.25, 0.3) is 0 Å². The third-order valence-corrected chi connectivity index (χ3v) is 4.00. The number of benzene rings is 1. The third-order valence-electron chi connectivity index (χ3n) is 3.75. The van der Waals surface area contributed by atoms with Crippen molar-refractivity contribution >= 4 is 17.3 Å². The fraction of sp³-hybridized carbons (Fsp3) is 0.538. The number of hydrogen-bond donors (Lipinski definition) is 2. The molecule has 0 unspecified atom stereocenters. The summed E-state index contributed by atoms with van der Waals surface area (Å²) in [6.07, 6.45) is 1.92. The largest absolute Gasteiger partial charge is 0.394 e. The van der Waals surface area contributed by atoms with Crippen LogP contribution in [0.25, 0.3) is 0 Å². The number of nitrogens with one attached hydrogen (secondary N) is 1. The summed E-state index contributed by atoms with van der Waals surface area (Å²) in [5.74, 6) is 0. The Morgan fingerprint density at radius 2 is 1.88 bits per heavy atom. The molecule has 2 N–H and O–H groups in total. The number of rotatable bonds is 3. The molecule has 1 aliphatic rings. The first-order valence-electron chi connectivity index (χ1n) is 5.99. The number of hydrogen-bond acceptors (Lipinski definition) is 3. The van der Waals surface area contributed by atoms with E-state index in [1.54, 1.807) is 0 Å². The van der Waals surface area contributed by atoms with Gasteiger partial charge in [-0.3, -0.25) is 0 Å². The van der Waals surface area contributed by atoms with Crippen molar-refractivity contribution in [2.45, 2.75) is 18.4 Å². The zero-order valence-corrected chi connectivity index (χ0v) is 10.9. The minimum atomic E-state index is -0.0943. The van der Waals surface area contributed by atoms with Gasteiger partial charge < -0.3 is 15.3 Å². The summed E-state index contributed by atoms with van der Waals surface area (Å²) < 4.78 is 0. The lowest BCUT2D eigenvalue weighted by Crippen LogP contribution is -2.54. The summed E-state index contributed by atoms with van der Waals surface area (Å²) in [6, 6.07) is 7.94. The zero-order chi connectivity index (χ0) is 12.3. The van der Waals surface area contributed by atoms with E-state index < -0.39 is 0 Å². The summed E-state index contributed by atoms with van der Waals surface area (Å²) >= 11 is 5.88. The molecule has 0 amide bonds. The Morgan fingerprint density at radius 3 is 2.35 bits per heavy atom. The van der Waals surface area contributed by atoms with Gasteiger partial charge in [-0.25, -0.2) is 0 Å². The first-order chi connectivity index (χ1) is 8.19. The van der Waals surface area contributed by atoms with E-state index in [4.69, 9.17) is 11.6 Å². The van der Waals surface area contributed by atoms with E-state index in [9.17, 15) is 5.11 Å². The number of piperidine rings is 1. The average Bonchev–Trinajstić information content (AvgIpc) is 2.40. The zero-order valence-electron chi connectivity index (χ0n) is 10.1. The average molecular weight is 255 g/mol. The van der Waals surface area contributed by atoms with E-state index in [0.29, 0.717) is 0 Å². The molecule has 1 saturated heterocycles. The lowest BCUT2D eigenvalue weighted by Gasteiger charge is -2.41. The van der Waals surface area contributed by atoms with Crippen molar-refractivity contribution in [1.29, 1.82) is 0 Å². The summed E-state index contributed by atoms with van der Waals surface area (Å²) in [7, 11) is 1.92. The molecule has 2 rings (SSSR count). The van der Waals surface area contributed by atoms with Crippen molar-refractivity contribution in [3.8, 4) is 0 Å². The Labute approximate surface area is 107 Å². The quantitative estimate of drug-likeness (QED) is 0.865. The highest BCUT2D eigenvalue weighted by molar-refractivity contribution is 6.30. The van der Waals surface area contributed by atoms with Gasteiger partial charge in [0.05, 0.1) is 6.61 Å². The molecule has 94 valence electrons. The van der Waals surface area contributed by atoms with E-state index in [1.807, 2.05) is 31.3 Å². The smallest absolute Gasteiger partial charge is 0.0614 e. The number of likely N-dealkylation sites (N-methyl/N-ethyl adjacent to an activating group) is 1. The second-order valence-electron chi connectivity index (χ2n) is 4.65. The molecule has 4 heteroatoms. The number of anilines is 1. The maximum atomic E-state index is 9.44. The van der Waals surface area contributed by atoms with Gasteiger partial charge in [0.1, 0.15) is 0 Å². The molecule has 0 aromatic heterocycles. The predicted octanol–water partition coefficient (Wildman–Crippen LogP) is 1.89. The van der Waals surface area contributed by atoms with Gasteiger partial charge in [-0.05, 0) is 44.2 Å². The van der Waals surface area contributed by atoms with Crippen LogP contribution < -0.4 is 10.2 Å². The van der Waals surface area contributed by atoms with Crippen LogP contribution in [0.15, 0.2) is 24.3 Å². The van der Waals surface area contributed by atoms with E-state index in [-0.39, 0.29) is 12.1 Å². The van der Waals surface area contributed by atoms with Gasteiger partial charge in [0.2, 0.25) is 0 Å². The third kappa shape index (κ3) is 2.73. The van der Waals surface area contributed by atoms with Crippen LogP contribution >= 0.6 is 11.6 Å². The van der Waals surface area contributed by atoms with E-state index >= 15 is 0 Å². The maximum absolute atomic E-state index is 9.44. The Morgan fingerprint density at radius 1 is 1.29 bits per heavy atom. The van der Waals surface area contributed by atoms with Gasteiger partial charge in [-0.2, -0.15) is 0 Å². The van der Waals surface area contributed by atoms with Crippen LogP contribution in [0.5, 0.6) is 0 Å². The topological polar surface area (TPSA) is 35.5 Å². The van der Waals surface area contributed by atoms with Crippen LogP contribution in [-0.4, -0.2) is 37.4 Å². The minimum absolute atomic E-state index is 0.0943. The highest BCUT2D eigenvalue weighted by Crippen LogP contribution is 2.26. The normalized spacial score (nSPS) is 19.4. The van der Waals surface area contributed by atoms with Gasteiger partial charge >= 0.3 is 0 Å². The Balaban J connectivity index is 2.01. The molecule has 1 aliphatic heterocycles. The molecule has 0 radical (unpaired) electrons. The van der Waals surface area contributed by atoms with Crippen LogP contribution in [0.4, 0.5) is 5.69 Å². The van der Waals surface area contributed by atoms with Gasteiger partial charge in [0, 0.05) is 29.3 Å². The van der Waals surface area contributed by atoms with E-state index in [2.05, 4.69) is 10.2 Å². The molecule has 3 nitrogen and oxygen atoms in total. The first kappa shape index (κ1) is 12.7. The fourth-order valence-electron chi connectivity index (χ4n) is 2.33. The Kier molecular flexibility index (Phi) is 3.92. The molecular formula is C13H19ClN2O. The van der Waals surface area contributed by atoms with Crippen molar-refractivity contribution in [3.63, 3.8) is 0 Å². The molecule has 0 aliphatic carbocycles. The fourth-order valence-corrected chi connectivity index (χ4v) is 2.46. The standard InChI is InChI=1S/C13H19ClN2O/c1-15-13(10-17)6-8-16(9-7-13)12-4-2-11(14)3-5-12/h2-5,15,17H,6-10H2,1H3. The van der Waals surface area contributed by atoms with Gasteiger partial charge in [0.15, 0.2) is 0 Å². The Bertz CT molecular complexity index is 352. The van der Waals surface area contributed by atoms with Crippen molar-refractivity contribution in [3.05, 3.63) is 29.3 Å². The summed E-state index contributed by atoms with van der Waals surface area (Å²) in [4.78, 5) is 2.33. The first-order valence-corrected chi connectivity index (χ1v) is 6.37. The monoisotopic (exact) mass is 254 g/mol. The lowest BCUT2D eigenvalue weighted by atomic mass is 9.88. The highest BCUT2D eigenvalue weighted by atomic mass is 35.5. The molecule has 1 heterocycles. The van der Waals surface area contributed by atoms with E-state index in [0.717, 1.165) is 31.0 Å². The predicted molar refractivity (Wildman–Crippen MR) is 71.8 cm³/mol. The summed E-state index contributed by atoms with van der Waals surface area (Å²) in [5.41, 5.74) is 1.11. The van der Waals surface area contributed by atoms with Crippen molar-refractivity contribution < 1.29 is 5.11 Å². The second-order valence-corrected chi connectivity index (χ2v) is 5.09. The van der Waals surface area contributed by atoms with E-state index in [1.165, 1.54) is 5.69 Å². The minimum Gasteiger partial charge on any atom is -0.394 e. The number of nitrogens with zero attached hydrogens (tertiary/aromatic N) is 1. The maximum Gasteiger partial charge on any atom is 0.0614 e. The van der Waals surface area contributed by atoms with Crippen LogP contribution in [-0.2, 0) is 0 Å². The Hall–Kier alpha value is -0.770. The van der Waals surface area contributed by atoms with Crippen LogP contribution in [0.3, 0.4) is 0 Å². The molecule has 1 aromatic carbocycles.